The monoisotopic (exact) mass is 170 g/mol. The number of carbonyl (C=O) groups is 1. The fraction of sp³-hybridized carbons (Fsp3) is 0.500. The molecular weight excluding hydrogens is 152 g/mol. The summed E-state index contributed by atoms with van der Waals surface area (Å²) >= 11 is 0. The predicted molar refractivity (Wildman–Crippen MR) is 51.9 cm³/mol. The number of carbonyl (C=O) groups excluding carboxylic acids is 1. The summed E-state index contributed by atoms with van der Waals surface area (Å²) in [6, 6.07) is 0. The largest absolute Gasteiger partial charge is 0.465 e. The molecule has 0 aliphatic carbocycles. The molecule has 0 atom stereocenters. The minimum absolute atomic E-state index is 0.322. The van der Waals surface area contributed by atoms with Crippen LogP contribution in [0.2, 0.25) is 0 Å². The number of ether oxygens (including phenoxy) is 1. The van der Waals surface area contributed by atoms with Gasteiger partial charge in [-0.3, -0.25) is 0 Å². The molecule has 12 heavy (non-hydrogen) atoms. The van der Waals surface area contributed by atoms with Crippen molar-refractivity contribution in [2.24, 2.45) is 0 Å². The maximum atomic E-state index is 10.8. The van der Waals surface area contributed by atoms with Crippen LogP contribution in [-0.4, -0.2) is 13.1 Å². The number of hydrogen-bond acceptors (Lipinski definition) is 2. The summed E-state index contributed by atoms with van der Waals surface area (Å²) in [5.74, 6) is -0.322. The van der Waals surface area contributed by atoms with Crippen LogP contribution in [0.5, 0.6) is 0 Å². The molecule has 0 bridgehead atoms. The average Bonchev–Trinajstić information content (AvgIpc) is 2.16. The molecule has 0 aromatic heterocycles. The first kappa shape index (κ1) is 13.5. The van der Waals surface area contributed by atoms with Gasteiger partial charge in [-0.25, -0.2) is 4.79 Å². The number of esters is 1. The molecule has 0 saturated carbocycles. The Bertz CT molecular complexity index is 157. The summed E-state index contributed by atoms with van der Waals surface area (Å²) in [7, 11) is 1.36. The van der Waals surface area contributed by atoms with E-state index >= 15 is 0 Å². The van der Waals surface area contributed by atoms with Crippen LogP contribution in [0.1, 0.15) is 27.2 Å². The van der Waals surface area contributed by atoms with Crippen LogP contribution in [0.4, 0.5) is 0 Å². The van der Waals surface area contributed by atoms with Crippen LogP contribution in [0.25, 0.3) is 0 Å². The molecule has 2 nitrogen and oxygen atoms in total. The molecule has 70 valence electrons. The van der Waals surface area contributed by atoms with Crippen LogP contribution < -0.4 is 0 Å². The van der Waals surface area contributed by atoms with Crippen LogP contribution in [0, 0.1) is 0 Å². The molecule has 0 aromatic rings. The summed E-state index contributed by atoms with van der Waals surface area (Å²) in [4.78, 5) is 10.8. The van der Waals surface area contributed by atoms with Crippen LogP contribution >= 0.6 is 0 Å². The molecule has 0 radical (unpaired) electrons. The van der Waals surface area contributed by atoms with Gasteiger partial charge in [0.25, 0.3) is 0 Å². The van der Waals surface area contributed by atoms with Crippen molar-refractivity contribution in [3.05, 3.63) is 24.3 Å². The van der Waals surface area contributed by atoms with Gasteiger partial charge in [0.2, 0.25) is 0 Å². The Morgan fingerprint density at radius 2 is 2.00 bits per heavy atom. The van der Waals surface area contributed by atoms with Crippen LogP contribution in [0.3, 0.4) is 0 Å². The van der Waals surface area contributed by atoms with Crippen molar-refractivity contribution in [3.8, 4) is 0 Å². The summed E-state index contributed by atoms with van der Waals surface area (Å²) < 4.78 is 4.48. The summed E-state index contributed by atoms with van der Waals surface area (Å²) in [5.41, 5.74) is 0.532. The second-order valence-electron chi connectivity index (χ2n) is 1.76. The zero-order chi connectivity index (χ0) is 9.98. The van der Waals surface area contributed by atoms with Crippen molar-refractivity contribution in [1.29, 1.82) is 0 Å². The second-order valence-corrected chi connectivity index (χ2v) is 1.76. The summed E-state index contributed by atoms with van der Waals surface area (Å²) in [6.45, 7) is 9.43. The molecular formula is C10H18O2. The Hall–Kier alpha value is -1.05. The Balaban J connectivity index is 0. The first-order valence-electron chi connectivity index (χ1n) is 4.17. The highest BCUT2D eigenvalue weighted by atomic mass is 16.5. The highest BCUT2D eigenvalue weighted by molar-refractivity contribution is 5.91. The fourth-order valence-electron chi connectivity index (χ4n) is 0.588. The van der Waals surface area contributed by atoms with Crippen LogP contribution in [0.15, 0.2) is 24.3 Å². The number of hydrogen-bond donors (Lipinski definition) is 0. The lowest BCUT2D eigenvalue weighted by Gasteiger charge is -1.96. The maximum absolute atomic E-state index is 10.8. The Morgan fingerprint density at radius 1 is 1.50 bits per heavy atom. The van der Waals surface area contributed by atoms with Gasteiger partial charge in [-0.1, -0.05) is 39.5 Å². The van der Waals surface area contributed by atoms with Crippen molar-refractivity contribution >= 4 is 5.97 Å². The number of rotatable bonds is 3. The lowest BCUT2D eigenvalue weighted by Crippen LogP contribution is -2.01. The van der Waals surface area contributed by atoms with Crippen molar-refractivity contribution < 1.29 is 9.53 Å². The third-order valence-corrected chi connectivity index (χ3v) is 1.07. The highest BCUT2D eigenvalue weighted by Crippen LogP contribution is 1.99. The molecule has 0 saturated heterocycles. The molecule has 0 spiro atoms. The molecule has 0 aromatic carbocycles. The molecule has 0 amide bonds. The van der Waals surface area contributed by atoms with Gasteiger partial charge in [-0.2, -0.15) is 0 Å². The SMILES string of the molecule is C=C/C(=C\CC)C(=O)OC.CC. The average molecular weight is 170 g/mol. The Labute approximate surface area is 74.9 Å². The third-order valence-electron chi connectivity index (χ3n) is 1.07. The van der Waals surface area contributed by atoms with E-state index in [1.807, 2.05) is 20.8 Å². The first-order valence-corrected chi connectivity index (χ1v) is 4.17. The first-order chi connectivity index (χ1) is 5.76. The molecule has 0 aliphatic heterocycles. The zero-order valence-electron chi connectivity index (χ0n) is 8.39. The van der Waals surface area contributed by atoms with Gasteiger partial charge in [0.15, 0.2) is 0 Å². The van der Waals surface area contributed by atoms with Crippen molar-refractivity contribution in [2.75, 3.05) is 7.11 Å². The molecule has 0 rings (SSSR count). The van der Waals surface area contributed by atoms with E-state index in [1.165, 1.54) is 13.2 Å². The summed E-state index contributed by atoms with van der Waals surface area (Å²) in [6.07, 6.45) is 4.09. The fourth-order valence-corrected chi connectivity index (χ4v) is 0.588. The third kappa shape index (κ3) is 5.71. The van der Waals surface area contributed by atoms with Crippen molar-refractivity contribution in [1.82, 2.24) is 0 Å². The topological polar surface area (TPSA) is 26.3 Å². The predicted octanol–water partition coefficient (Wildman–Crippen LogP) is 2.71. The smallest absolute Gasteiger partial charge is 0.337 e. The van der Waals surface area contributed by atoms with E-state index in [1.54, 1.807) is 6.08 Å². The van der Waals surface area contributed by atoms with Gasteiger partial charge in [-0.15, -0.1) is 0 Å². The van der Waals surface area contributed by atoms with E-state index in [9.17, 15) is 4.79 Å². The standard InChI is InChI=1S/C8H12O2.C2H6/c1-4-6-7(5-2)8(9)10-3;1-2/h5-6H,2,4H2,1,3H3;1-2H3/b7-6+;. The normalized spacial score (nSPS) is 9.50. The van der Waals surface area contributed by atoms with E-state index < -0.39 is 0 Å². The van der Waals surface area contributed by atoms with E-state index in [0.717, 1.165) is 6.42 Å². The molecule has 0 N–H and O–H groups in total. The quantitative estimate of drug-likeness (QED) is 0.370. The van der Waals surface area contributed by atoms with Gasteiger partial charge >= 0.3 is 5.97 Å². The van der Waals surface area contributed by atoms with E-state index in [4.69, 9.17) is 0 Å². The molecule has 0 fully saturated rings. The van der Waals surface area contributed by atoms with Crippen molar-refractivity contribution in [3.63, 3.8) is 0 Å². The Morgan fingerprint density at radius 3 is 2.25 bits per heavy atom. The van der Waals surface area contributed by atoms with E-state index in [-0.39, 0.29) is 5.97 Å². The number of methoxy groups -OCH3 is 1. The van der Waals surface area contributed by atoms with Gasteiger partial charge < -0.3 is 4.74 Å². The highest BCUT2D eigenvalue weighted by Gasteiger charge is 2.01. The maximum Gasteiger partial charge on any atom is 0.337 e. The number of allylic oxidation sites excluding steroid dienone is 1. The van der Waals surface area contributed by atoms with Gasteiger partial charge in [0, 0.05) is 0 Å². The zero-order valence-corrected chi connectivity index (χ0v) is 8.39. The minimum atomic E-state index is -0.322. The summed E-state index contributed by atoms with van der Waals surface area (Å²) in [5, 5.41) is 0. The van der Waals surface area contributed by atoms with Gasteiger partial charge in [0.1, 0.15) is 0 Å². The Kier molecular flexibility index (Phi) is 11.2. The minimum Gasteiger partial charge on any atom is -0.465 e. The van der Waals surface area contributed by atoms with E-state index in [0.29, 0.717) is 5.57 Å². The van der Waals surface area contributed by atoms with Crippen molar-refractivity contribution in [2.45, 2.75) is 27.2 Å². The lowest BCUT2D eigenvalue weighted by molar-refractivity contribution is -0.135. The molecule has 0 heterocycles. The lowest BCUT2D eigenvalue weighted by atomic mass is 10.2. The molecule has 0 unspecified atom stereocenters. The van der Waals surface area contributed by atoms with Crippen LogP contribution in [-0.2, 0) is 9.53 Å². The molecule has 0 aliphatic rings. The second kappa shape index (κ2) is 9.95. The van der Waals surface area contributed by atoms with Gasteiger partial charge in [0.05, 0.1) is 12.7 Å². The van der Waals surface area contributed by atoms with E-state index in [2.05, 4.69) is 11.3 Å². The van der Waals surface area contributed by atoms with Gasteiger partial charge in [-0.05, 0) is 6.42 Å². The molecule has 2 heteroatoms.